The van der Waals surface area contributed by atoms with Gasteiger partial charge in [-0.3, -0.25) is 0 Å². The molecule has 2 aromatic carbocycles. The minimum absolute atomic E-state index is 0.114. The maximum absolute atomic E-state index is 11.7. The average Bonchev–Trinajstić information content (AvgIpc) is 2.70. The number of rotatable bonds is 10. The van der Waals surface area contributed by atoms with Crippen LogP contribution < -0.4 is 9.47 Å². The largest absolute Gasteiger partial charge is 0.482 e. The summed E-state index contributed by atoms with van der Waals surface area (Å²) in [4.78, 5) is 25.7. The van der Waals surface area contributed by atoms with Gasteiger partial charge in [0.25, 0.3) is 0 Å². The number of ether oxygens (including phenoxy) is 4. The number of carbonyl (C=O) groups excluding carboxylic acids is 2. The molecule has 0 N–H and O–H groups in total. The van der Waals surface area contributed by atoms with Gasteiger partial charge in [-0.2, -0.15) is 0 Å². The summed E-state index contributed by atoms with van der Waals surface area (Å²) in [6, 6.07) is 15.2. The molecular weight excluding hydrogens is 460 g/mol. The molecule has 0 saturated carbocycles. The Morgan fingerprint density at radius 3 is 1.27 bits per heavy atom. The van der Waals surface area contributed by atoms with E-state index in [9.17, 15) is 9.59 Å². The summed E-state index contributed by atoms with van der Waals surface area (Å²) in [5.74, 6) is 0.469. The number of hydrogen-bond acceptors (Lipinski definition) is 8. The van der Waals surface area contributed by atoms with Crippen LogP contribution in [0.15, 0.2) is 58.3 Å². The first kappa shape index (κ1) is 26.9. The van der Waals surface area contributed by atoms with Gasteiger partial charge in [-0.1, -0.05) is 0 Å². The molecular formula is C25H32O6S2. The molecule has 2 rings (SSSR count). The van der Waals surface area contributed by atoms with E-state index in [0.717, 1.165) is 14.9 Å². The molecule has 0 atom stereocenters. The third-order valence-electron chi connectivity index (χ3n) is 3.65. The van der Waals surface area contributed by atoms with Crippen molar-refractivity contribution < 1.29 is 28.5 Å². The summed E-state index contributed by atoms with van der Waals surface area (Å²) < 4.78 is 21.4. The first-order chi connectivity index (χ1) is 15.4. The molecule has 8 heteroatoms. The summed E-state index contributed by atoms with van der Waals surface area (Å²) in [7, 11) is 0. The first-order valence-electron chi connectivity index (χ1n) is 10.5. The zero-order valence-corrected chi connectivity index (χ0v) is 21.6. The lowest BCUT2D eigenvalue weighted by Crippen LogP contribution is -2.27. The Balaban J connectivity index is 1.70. The van der Waals surface area contributed by atoms with Crippen molar-refractivity contribution in [3.8, 4) is 11.5 Å². The molecule has 6 nitrogen and oxygen atoms in total. The van der Waals surface area contributed by atoms with Crippen LogP contribution in [0, 0.1) is 0 Å². The van der Waals surface area contributed by atoms with E-state index in [1.54, 1.807) is 23.5 Å². The molecule has 2 aromatic rings. The van der Waals surface area contributed by atoms with E-state index in [1.807, 2.05) is 90.1 Å². The minimum Gasteiger partial charge on any atom is -0.482 e. The van der Waals surface area contributed by atoms with E-state index in [2.05, 4.69) is 0 Å². The summed E-state index contributed by atoms with van der Waals surface area (Å²) in [5, 5.41) is 0.830. The van der Waals surface area contributed by atoms with Crippen molar-refractivity contribution in [3.63, 3.8) is 0 Å². The Kier molecular flexibility index (Phi) is 9.98. The molecule has 0 heterocycles. The molecule has 0 unspecified atom stereocenters. The fraction of sp³-hybridized carbons (Fsp3) is 0.440. The highest BCUT2D eigenvalue weighted by molar-refractivity contribution is 8.16. The van der Waals surface area contributed by atoms with E-state index in [0.29, 0.717) is 11.5 Å². The highest BCUT2D eigenvalue weighted by Gasteiger charge is 2.17. The van der Waals surface area contributed by atoms with Crippen molar-refractivity contribution in [2.75, 3.05) is 18.3 Å². The molecule has 180 valence electrons. The normalized spacial score (nSPS) is 11.6. The number of benzene rings is 2. The van der Waals surface area contributed by atoms with Gasteiger partial charge in [-0.05, 0) is 90.1 Å². The van der Waals surface area contributed by atoms with E-state index < -0.39 is 23.1 Å². The lowest BCUT2D eigenvalue weighted by atomic mass is 10.2. The lowest BCUT2D eigenvalue weighted by molar-refractivity contribution is -0.158. The second kappa shape index (κ2) is 12.2. The Labute approximate surface area is 204 Å². The van der Waals surface area contributed by atoms with E-state index in [1.165, 1.54) is 0 Å². The van der Waals surface area contributed by atoms with Gasteiger partial charge in [0.15, 0.2) is 13.2 Å². The Hall–Kier alpha value is -2.32. The number of esters is 2. The van der Waals surface area contributed by atoms with Gasteiger partial charge in [0.1, 0.15) is 22.7 Å². The van der Waals surface area contributed by atoms with Crippen LogP contribution in [-0.4, -0.2) is 41.4 Å². The summed E-state index contributed by atoms with van der Waals surface area (Å²) in [6.45, 7) is 10.7. The molecule has 0 saturated heterocycles. The van der Waals surface area contributed by atoms with Gasteiger partial charge in [-0.15, -0.1) is 23.5 Å². The highest BCUT2D eigenvalue weighted by Crippen LogP contribution is 2.30. The summed E-state index contributed by atoms with van der Waals surface area (Å²) >= 11 is 3.41. The van der Waals surface area contributed by atoms with Crippen molar-refractivity contribution in [2.24, 2.45) is 0 Å². The second-order valence-electron chi connectivity index (χ2n) is 9.10. The minimum atomic E-state index is -0.522. The zero-order valence-electron chi connectivity index (χ0n) is 20.0. The van der Waals surface area contributed by atoms with Gasteiger partial charge in [0.2, 0.25) is 0 Å². The van der Waals surface area contributed by atoms with Crippen LogP contribution in [0.5, 0.6) is 11.5 Å². The summed E-state index contributed by atoms with van der Waals surface area (Å²) in [5.41, 5.74) is -1.04. The molecule has 0 aliphatic heterocycles. The standard InChI is InChI=1S/C25H32O6S2/c1-24(2,3)30-22(26)15-28-18-7-11-20(12-8-18)32-17-33-21-13-9-19(10-14-21)29-16-23(27)31-25(4,5)6/h7-14H,15-17H2,1-6H3. The fourth-order valence-corrected chi connectivity index (χ4v) is 4.44. The van der Waals surface area contributed by atoms with Crippen molar-refractivity contribution in [1.82, 2.24) is 0 Å². The molecule has 0 amide bonds. The highest BCUT2D eigenvalue weighted by atomic mass is 32.2. The predicted molar refractivity (Wildman–Crippen MR) is 132 cm³/mol. The molecule has 0 bridgehead atoms. The smallest absolute Gasteiger partial charge is 0.344 e. The van der Waals surface area contributed by atoms with Crippen LogP contribution in [0.4, 0.5) is 0 Å². The average molecular weight is 493 g/mol. The van der Waals surface area contributed by atoms with Crippen LogP contribution in [0.3, 0.4) is 0 Å². The Morgan fingerprint density at radius 2 is 0.970 bits per heavy atom. The third kappa shape index (κ3) is 11.9. The first-order valence-corrected chi connectivity index (χ1v) is 12.5. The molecule has 0 aliphatic carbocycles. The van der Waals surface area contributed by atoms with E-state index in [4.69, 9.17) is 18.9 Å². The number of hydrogen-bond donors (Lipinski definition) is 0. The predicted octanol–water partition coefficient (Wildman–Crippen LogP) is 5.97. The second-order valence-corrected chi connectivity index (χ2v) is 11.6. The SMILES string of the molecule is CC(C)(C)OC(=O)COc1ccc(SCSc2ccc(OCC(=O)OC(C)(C)C)cc2)cc1. The third-order valence-corrected chi connectivity index (χ3v) is 5.81. The quantitative estimate of drug-likeness (QED) is 0.228. The van der Waals surface area contributed by atoms with Gasteiger partial charge in [0, 0.05) is 14.9 Å². The molecule has 0 aromatic heterocycles. The van der Waals surface area contributed by atoms with Gasteiger partial charge in [0.05, 0.1) is 0 Å². The maximum Gasteiger partial charge on any atom is 0.344 e. The van der Waals surface area contributed by atoms with E-state index >= 15 is 0 Å². The molecule has 0 radical (unpaired) electrons. The van der Waals surface area contributed by atoms with Crippen LogP contribution in [0.25, 0.3) is 0 Å². The van der Waals surface area contributed by atoms with Gasteiger partial charge >= 0.3 is 11.9 Å². The zero-order chi connectivity index (χ0) is 24.5. The monoisotopic (exact) mass is 492 g/mol. The Morgan fingerprint density at radius 1 is 0.636 bits per heavy atom. The van der Waals surface area contributed by atoms with Crippen LogP contribution in [-0.2, 0) is 19.1 Å². The molecule has 0 fully saturated rings. The number of carbonyl (C=O) groups is 2. The van der Waals surface area contributed by atoms with Crippen molar-refractivity contribution in [3.05, 3.63) is 48.5 Å². The fourth-order valence-electron chi connectivity index (χ4n) is 2.46. The van der Waals surface area contributed by atoms with Crippen molar-refractivity contribution >= 4 is 35.5 Å². The van der Waals surface area contributed by atoms with Crippen molar-refractivity contribution in [2.45, 2.75) is 62.5 Å². The molecule has 0 spiro atoms. The van der Waals surface area contributed by atoms with Crippen molar-refractivity contribution in [1.29, 1.82) is 0 Å². The lowest BCUT2D eigenvalue weighted by Gasteiger charge is -2.19. The van der Waals surface area contributed by atoms with Crippen LogP contribution in [0.2, 0.25) is 0 Å². The summed E-state index contributed by atoms with van der Waals surface area (Å²) in [6.07, 6.45) is 0. The molecule has 0 aliphatic rings. The molecule has 33 heavy (non-hydrogen) atoms. The van der Waals surface area contributed by atoms with Crippen LogP contribution in [0.1, 0.15) is 41.5 Å². The van der Waals surface area contributed by atoms with Gasteiger partial charge < -0.3 is 18.9 Å². The maximum atomic E-state index is 11.7. The number of thioether (sulfide) groups is 2. The van der Waals surface area contributed by atoms with E-state index in [-0.39, 0.29) is 13.2 Å². The Bertz CT molecular complexity index is 821. The topological polar surface area (TPSA) is 71.1 Å². The van der Waals surface area contributed by atoms with Gasteiger partial charge in [-0.25, -0.2) is 9.59 Å². The van der Waals surface area contributed by atoms with Crippen LogP contribution >= 0.6 is 23.5 Å².